The molecular weight excluding hydrogens is 276 g/mol. The summed E-state index contributed by atoms with van der Waals surface area (Å²) in [7, 11) is 0. The number of carbonyl (C=O) groups excluding carboxylic acids is 1. The van der Waals surface area contributed by atoms with Gasteiger partial charge in [0.25, 0.3) is 0 Å². The number of para-hydroxylation sites is 1. The first kappa shape index (κ1) is 15.0. The topological polar surface area (TPSA) is 111 Å². The van der Waals surface area contributed by atoms with Crippen LogP contribution in [0.3, 0.4) is 0 Å². The summed E-state index contributed by atoms with van der Waals surface area (Å²) in [6, 6.07) is 4.12. The predicted molar refractivity (Wildman–Crippen MR) is 78.1 cm³/mol. The number of likely N-dealkylation sites (N-methyl/N-ethyl adjacent to an activating group) is 1. The van der Waals surface area contributed by atoms with Gasteiger partial charge in [0, 0.05) is 13.1 Å². The van der Waals surface area contributed by atoms with E-state index in [2.05, 4.69) is 5.32 Å². The number of ether oxygens (including phenoxy) is 1. The zero-order chi connectivity index (χ0) is 15.4. The van der Waals surface area contributed by atoms with Gasteiger partial charge in [0.2, 0.25) is 5.91 Å². The van der Waals surface area contributed by atoms with E-state index in [1.54, 1.807) is 17.0 Å². The van der Waals surface area contributed by atoms with Crippen LogP contribution in [0.1, 0.15) is 6.92 Å². The summed E-state index contributed by atoms with van der Waals surface area (Å²) in [5, 5.41) is 14.0. The standard InChI is InChI=1S/C13H18N4O4/c1-2-15-13(18)11-8-21-7-6-16(11)10-5-3-4-9(14)12(10)17(19)20/h3-5,11H,2,6-8,14H2,1H3,(H,15,18). The quantitative estimate of drug-likeness (QED) is 0.476. The summed E-state index contributed by atoms with van der Waals surface area (Å²) in [5.41, 5.74) is 5.97. The Labute approximate surface area is 122 Å². The first-order valence-electron chi connectivity index (χ1n) is 6.71. The molecule has 0 aromatic heterocycles. The maximum atomic E-state index is 12.1. The van der Waals surface area contributed by atoms with Crippen LogP contribution < -0.4 is 16.0 Å². The fourth-order valence-electron chi connectivity index (χ4n) is 2.38. The molecule has 1 atom stereocenters. The number of rotatable bonds is 4. The van der Waals surface area contributed by atoms with Crippen LogP contribution in [0.15, 0.2) is 18.2 Å². The van der Waals surface area contributed by atoms with Crippen LogP contribution in [0.5, 0.6) is 0 Å². The zero-order valence-electron chi connectivity index (χ0n) is 11.7. The fourth-order valence-corrected chi connectivity index (χ4v) is 2.38. The number of hydrogen-bond acceptors (Lipinski definition) is 6. The summed E-state index contributed by atoms with van der Waals surface area (Å²) >= 11 is 0. The molecule has 1 aromatic carbocycles. The summed E-state index contributed by atoms with van der Waals surface area (Å²) < 4.78 is 5.33. The lowest BCUT2D eigenvalue weighted by Gasteiger charge is -2.35. The molecule has 3 N–H and O–H groups in total. The molecule has 0 radical (unpaired) electrons. The van der Waals surface area contributed by atoms with Crippen molar-refractivity contribution in [3.8, 4) is 0 Å². The van der Waals surface area contributed by atoms with Gasteiger partial charge in [-0.2, -0.15) is 0 Å². The number of carbonyl (C=O) groups is 1. The molecule has 0 bridgehead atoms. The van der Waals surface area contributed by atoms with Crippen molar-refractivity contribution in [1.29, 1.82) is 0 Å². The maximum absolute atomic E-state index is 12.1. The van der Waals surface area contributed by atoms with E-state index < -0.39 is 11.0 Å². The van der Waals surface area contributed by atoms with Crippen LogP contribution in [0, 0.1) is 10.1 Å². The zero-order valence-corrected chi connectivity index (χ0v) is 11.7. The molecule has 1 unspecified atom stereocenters. The predicted octanol–water partition coefficient (Wildman–Crippen LogP) is 0.518. The van der Waals surface area contributed by atoms with Crippen molar-refractivity contribution in [2.24, 2.45) is 0 Å². The average molecular weight is 294 g/mol. The van der Waals surface area contributed by atoms with E-state index in [0.717, 1.165) is 0 Å². The second-order valence-corrected chi connectivity index (χ2v) is 4.65. The molecule has 114 valence electrons. The number of nitrogens with two attached hydrogens (primary N) is 1. The highest BCUT2D eigenvalue weighted by Gasteiger charge is 2.33. The molecule has 0 saturated carbocycles. The highest BCUT2D eigenvalue weighted by molar-refractivity contribution is 5.88. The lowest BCUT2D eigenvalue weighted by molar-refractivity contribution is -0.383. The molecular formula is C13H18N4O4. The van der Waals surface area contributed by atoms with Gasteiger partial charge in [-0.1, -0.05) is 6.07 Å². The van der Waals surface area contributed by atoms with Crippen molar-refractivity contribution in [1.82, 2.24) is 5.32 Å². The molecule has 2 rings (SSSR count). The monoisotopic (exact) mass is 294 g/mol. The van der Waals surface area contributed by atoms with Gasteiger partial charge in [-0.25, -0.2) is 0 Å². The maximum Gasteiger partial charge on any atom is 0.315 e. The Bertz CT molecular complexity index is 549. The molecule has 1 heterocycles. The first-order chi connectivity index (χ1) is 10.1. The summed E-state index contributed by atoms with van der Waals surface area (Å²) in [4.78, 5) is 24.5. The lowest BCUT2D eigenvalue weighted by Crippen LogP contribution is -2.54. The van der Waals surface area contributed by atoms with Gasteiger partial charge in [0.15, 0.2) is 0 Å². The third-order valence-corrected chi connectivity index (χ3v) is 3.32. The van der Waals surface area contributed by atoms with Crippen LogP contribution in [-0.2, 0) is 9.53 Å². The summed E-state index contributed by atoms with van der Waals surface area (Å²) in [6.07, 6.45) is 0. The van der Waals surface area contributed by atoms with E-state index in [9.17, 15) is 14.9 Å². The van der Waals surface area contributed by atoms with E-state index in [-0.39, 0.29) is 23.9 Å². The Morgan fingerprint density at radius 2 is 2.38 bits per heavy atom. The highest BCUT2D eigenvalue weighted by atomic mass is 16.6. The number of nitrogens with one attached hydrogen (secondary N) is 1. The summed E-state index contributed by atoms with van der Waals surface area (Å²) in [5.74, 6) is -0.214. The van der Waals surface area contributed by atoms with Gasteiger partial charge in [-0.15, -0.1) is 0 Å². The van der Waals surface area contributed by atoms with Crippen molar-refractivity contribution in [3.05, 3.63) is 28.3 Å². The number of nitrogen functional groups attached to an aromatic ring is 1. The molecule has 8 heteroatoms. The number of nitro benzene ring substituents is 1. The smallest absolute Gasteiger partial charge is 0.315 e. The van der Waals surface area contributed by atoms with Crippen molar-refractivity contribution >= 4 is 23.0 Å². The van der Waals surface area contributed by atoms with Crippen LogP contribution in [0.2, 0.25) is 0 Å². The Hall–Kier alpha value is -2.35. The highest BCUT2D eigenvalue weighted by Crippen LogP contribution is 2.35. The Kier molecular flexibility index (Phi) is 4.59. The molecule has 1 aliphatic heterocycles. The van der Waals surface area contributed by atoms with Crippen LogP contribution in [-0.4, -0.2) is 43.2 Å². The van der Waals surface area contributed by atoms with E-state index in [1.807, 2.05) is 6.92 Å². The number of amides is 1. The molecule has 0 aliphatic carbocycles. The molecule has 8 nitrogen and oxygen atoms in total. The molecule has 1 amide bonds. The number of nitrogens with zero attached hydrogens (tertiary/aromatic N) is 2. The lowest BCUT2D eigenvalue weighted by atomic mass is 10.1. The minimum atomic E-state index is -0.598. The largest absolute Gasteiger partial charge is 0.393 e. The van der Waals surface area contributed by atoms with Crippen molar-refractivity contribution < 1.29 is 14.5 Å². The van der Waals surface area contributed by atoms with Gasteiger partial charge in [-0.3, -0.25) is 14.9 Å². The number of morpholine rings is 1. The minimum absolute atomic E-state index is 0.0821. The average Bonchev–Trinajstić information content (AvgIpc) is 2.47. The van der Waals surface area contributed by atoms with Crippen molar-refractivity contribution in [3.63, 3.8) is 0 Å². The van der Waals surface area contributed by atoms with Crippen LogP contribution >= 0.6 is 0 Å². The van der Waals surface area contributed by atoms with Gasteiger partial charge < -0.3 is 20.7 Å². The van der Waals surface area contributed by atoms with Gasteiger partial charge in [0.1, 0.15) is 17.4 Å². The molecule has 21 heavy (non-hydrogen) atoms. The van der Waals surface area contributed by atoms with E-state index in [0.29, 0.717) is 25.4 Å². The van der Waals surface area contributed by atoms with E-state index in [4.69, 9.17) is 10.5 Å². The van der Waals surface area contributed by atoms with Gasteiger partial charge in [-0.05, 0) is 19.1 Å². The Balaban J connectivity index is 2.40. The van der Waals surface area contributed by atoms with E-state index >= 15 is 0 Å². The van der Waals surface area contributed by atoms with Crippen molar-refractivity contribution in [2.45, 2.75) is 13.0 Å². The van der Waals surface area contributed by atoms with E-state index in [1.165, 1.54) is 6.07 Å². The second kappa shape index (κ2) is 6.40. The molecule has 1 saturated heterocycles. The summed E-state index contributed by atoms with van der Waals surface area (Å²) in [6.45, 7) is 3.29. The van der Waals surface area contributed by atoms with Gasteiger partial charge in [0.05, 0.1) is 18.1 Å². The molecule has 1 aliphatic rings. The van der Waals surface area contributed by atoms with Crippen molar-refractivity contribution in [2.75, 3.05) is 36.9 Å². The normalized spacial score (nSPS) is 18.3. The SMILES string of the molecule is CCNC(=O)C1COCCN1c1cccc(N)c1[N+](=O)[O-]. The third kappa shape index (κ3) is 3.05. The molecule has 0 spiro atoms. The number of anilines is 2. The van der Waals surface area contributed by atoms with Crippen LogP contribution in [0.25, 0.3) is 0 Å². The molecule has 1 aromatic rings. The van der Waals surface area contributed by atoms with Crippen LogP contribution in [0.4, 0.5) is 17.1 Å². The fraction of sp³-hybridized carbons (Fsp3) is 0.462. The number of hydrogen-bond donors (Lipinski definition) is 2. The number of benzene rings is 1. The van der Waals surface area contributed by atoms with Gasteiger partial charge >= 0.3 is 5.69 Å². The Morgan fingerprint density at radius 3 is 3.05 bits per heavy atom. The second-order valence-electron chi connectivity index (χ2n) is 4.65. The molecule has 1 fully saturated rings. The third-order valence-electron chi connectivity index (χ3n) is 3.32. The number of nitro groups is 1. The Morgan fingerprint density at radius 1 is 1.62 bits per heavy atom. The minimum Gasteiger partial charge on any atom is -0.393 e. The first-order valence-corrected chi connectivity index (χ1v) is 6.71.